The van der Waals surface area contributed by atoms with Crippen molar-refractivity contribution >= 4 is 53.2 Å². The van der Waals surface area contributed by atoms with Gasteiger partial charge in [-0.05, 0) is 38.8 Å². The molecular formula is C13H14BrCl2NO3S. The molecule has 0 aromatic heterocycles. The number of nitrogens with zero attached hydrogens (tertiary/aromatic N) is 1. The van der Waals surface area contributed by atoms with Crippen LogP contribution in [0.3, 0.4) is 0 Å². The molecule has 0 unspecified atom stereocenters. The lowest BCUT2D eigenvalue weighted by Gasteiger charge is -2.32. The SMILES string of the molecule is CC1(C)CCCN1C(=O)c1cc(Br)cc(S(=O)(=O)Cl)c1Cl. The van der Waals surface area contributed by atoms with Crippen LogP contribution in [0.4, 0.5) is 0 Å². The van der Waals surface area contributed by atoms with Gasteiger partial charge in [-0.25, -0.2) is 8.42 Å². The highest BCUT2D eigenvalue weighted by molar-refractivity contribution is 9.10. The molecule has 1 aliphatic rings. The Morgan fingerprint density at radius 2 is 2.00 bits per heavy atom. The van der Waals surface area contributed by atoms with E-state index in [1.807, 2.05) is 13.8 Å². The van der Waals surface area contributed by atoms with Crippen molar-refractivity contribution in [2.75, 3.05) is 6.54 Å². The van der Waals surface area contributed by atoms with Gasteiger partial charge in [0.15, 0.2) is 0 Å². The first kappa shape index (κ1) is 17.1. The molecule has 0 saturated carbocycles. The molecule has 1 aromatic rings. The van der Waals surface area contributed by atoms with Crippen LogP contribution in [0.1, 0.15) is 37.0 Å². The molecule has 0 bridgehead atoms. The second-order valence-electron chi connectivity index (χ2n) is 5.58. The van der Waals surface area contributed by atoms with Crippen LogP contribution in [0.2, 0.25) is 5.02 Å². The third-order valence-corrected chi connectivity index (χ3v) is 5.97. The number of benzene rings is 1. The predicted octanol–water partition coefficient (Wildman–Crippen LogP) is 4.04. The van der Waals surface area contributed by atoms with E-state index in [0.29, 0.717) is 11.0 Å². The van der Waals surface area contributed by atoms with Crippen molar-refractivity contribution in [3.8, 4) is 0 Å². The Morgan fingerprint density at radius 1 is 1.38 bits per heavy atom. The van der Waals surface area contributed by atoms with E-state index >= 15 is 0 Å². The highest BCUT2D eigenvalue weighted by Gasteiger charge is 2.37. The molecule has 21 heavy (non-hydrogen) atoms. The molecule has 8 heteroatoms. The van der Waals surface area contributed by atoms with Crippen molar-refractivity contribution in [2.24, 2.45) is 0 Å². The van der Waals surface area contributed by atoms with E-state index in [1.165, 1.54) is 12.1 Å². The average molecular weight is 415 g/mol. The molecule has 1 heterocycles. The van der Waals surface area contributed by atoms with Crippen LogP contribution in [0.15, 0.2) is 21.5 Å². The Labute approximate surface area is 142 Å². The average Bonchev–Trinajstić information content (AvgIpc) is 2.69. The highest BCUT2D eigenvalue weighted by atomic mass is 79.9. The van der Waals surface area contributed by atoms with Crippen molar-refractivity contribution in [2.45, 2.75) is 37.1 Å². The first-order valence-corrected chi connectivity index (χ1v) is 9.78. The molecule has 1 aliphatic heterocycles. The van der Waals surface area contributed by atoms with E-state index in [9.17, 15) is 13.2 Å². The van der Waals surface area contributed by atoms with Gasteiger partial charge in [-0.15, -0.1) is 0 Å². The second-order valence-corrected chi connectivity index (χ2v) is 9.40. The molecule has 0 atom stereocenters. The van der Waals surface area contributed by atoms with Crippen molar-refractivity contribution < 1.29 is 13.2 Å². The first-order chi connectivity index (χ1) is 9.54. The zero-order chi connectivity index (χ0) is 16.0. The number of hydrogen-bond donors (Lipinski definition) is 0. The predicted molar refractivity (Wildman–Crippen MR) is 86.5 cm³/mol. The fourth-order valence-electron chi connectivity index (χ4n) is 2.53. The molecule has 1 aromatic carbocycles. The summed E-state index contributed by atoms with van der Waals surface area (Å²) in [6.45, 7) is 4.57. The summed E-state index contributed by atoms with van der Waals surface area (Å²) in [5, 5.41) is -0.138. The standard InChI is InChI=1S/C13H14BrCl2NO3S/c1-13(2)4-3-5-17(13)12(18)9-6-8(14)7-10(11(9)15)21(16,19)20/h6-7H,3-5H2,1-2H3. The number of amides is 1. The minimum Gasteiger partial charge on any atom is -0.333 e. The summed E-state index contributed by atoms with van der Waals surface area (Å²) in [5.74, 6) is -0.287. The van der Waals surface area contributed by atoms with Crippen LogP contribution in [0.5, 0.6) is 0 Å². The molecule has 1 fully saturated rings. The van der Waals surface area contributed by atoms with Crippen molar-refractivity contribution in [1.82, 2.24) is 4.90 Å². The summed E-state index contributed by atoms with van der Waals surface area (Å²) in [5.41, 5.74) is -0.136. The maximum atomic E-state index is 12.7. The van der Waals surface area contributed by atoms with Gasteiger partial charge in [0.05, 0.1) is 10.6 Å². The van der Waals surface area contributed by atoms with Gasteiger partial charge < -0.3 is 4.90 Å². The molecule has 0 aliphatic carbocycles. The molecule has 0 N–H and O–H groups in total. The van der Waals surface area contributed by atoms with E-state index in [1.54, 1.807) is 4.90 Å². The van der Waals surface area contributed by atoms with Crippen LogP contribution in [0.25, 0.3) is 0 Å². The third-order valence-electron chi connectivity index (χ3n) is 3.64. The fourth-order valence-corrected chi connectivity index (χ4v) is 4.71. The van der Waals surface area contributed by atoms with Crippen LogP contribution >= 0.6 is 38.2 Å². The van der Waals surface area contributed by atoms with Crippen LogP contribution < -0.4 is 0 Å². The van der Waals surface area contributed by atoms with E-state index in [2.05, 4.69) is 15.9 Å². The van der Waals surface area contributed by atoms with E-state index in [-0.39, 0.29) is 26.9 Å². The third kappa shape index (κ3) is 3.38. The number of carbonyl (C=O) groups is 1. The Kier molecular flexibility index (Phi) is 4.65. The quantitative estimate of drug-likeness (QED) is 0.686. The van der Waals surface area contributed by atoms with Crippen molar-refractivity contribution in [3.05, 3.63) is 27.2 Å². The van der Waals surface area contributed by atoms with Gasteiger partial charge >= 0.3 is 0 Å². The van der Waals surface area contributed by atoms with Crippen molar-refractivity contribution in [3.63, 3.8) is 0 Å². The van der Waals surface area contributed by atoms with Gasteiger partial charge in [-0.3, -0.25) is 4.79 Å². The van der Waals surface area contributed by atoms with Gasteiger partial charge in [-0.2, -0.15) is 0 Å². The van der Waals surface area contributed by atoms with Gasteiger partial charge in [0.1, 0.15) is 4.90 Å². The number of hydrogen-bond acceptors (Lipinski definition) is 3. The van der Waals surface area contributed by atoms with E-state index in [0.717, 1.165) is 12.8 Å². The maximum Gasteiger partial charge on any atom is 0.262 e. The van der Waals surface area contributed by atoms with Gasteiger partial charge in [0.25, 0.3) is 15.0 Å². The summed E-state index contributed by atoms with van der Waals surface area (Å²) < 4.78 is 23.6. The lowest BCUT2D eigenvalue weighted by molar-refractivity contribution is 0.0652. The molecular weight excluding hydrogens is 401 g/mol. The molecule has 0 radical (unpaired) electrons. The summed E-state index contributed by atoms with van der Waals surface area (Å²) >= 11 is 9.29. The zero-order valence-electron chi connectivity index (χ0n) is 11.5. The molecule has 0 spiro atoms. The molecule has 2 rings (SSSR count). The Bertz CT molecular complexity index is 704. The molecule has 116 valence electrons. The minimum absolute atomic E-state index is 0.138. The summed E-state index contributed by atoms with van der Waals surface area (Å²) in [6.07, 6.45) is 1.80. The van der Waals surface area contributed by atoms with Crippen LogP contribution in [0, 0.1) is 0 Å². The number of carbonyl (C=O) groups excluding carboxylic acids is 1. The fraction of sp³-hybridized carbons (Fsp3) is 0.462. The van der Waals surface area contributed by atoms with Crippen LogP contribution in [-0.2, 0) is 9.05 Å². The number of likely N-dealkylation sites (tertiary alicyclic amines) is 1. The Hall–Kier alpha value is -0.300. The lowest BCUT2D eigenvalue weighted by atomic mass is 10.0. The zero-order valence-corrected chi connectivity index (χ0v) is 15.4. The molecule has 1 saturated heterocycles. The monoisotopic (exact) mass is 413 g/mol. The van der Waals surface area contributed by atoms with Gasteiger partial charge in [0, 0.05) is 27.2 Å². The summed E-state index contributed by atoms with van der Waals surface area (Å²) in [7, 11) is 1.35. The smallest absolute Gasteiger partial charge is 0.262 e. The topological polar surface area (TPSA) is 54.5 Å². The maximum absolute atomic E-state index is 12.7. The number of rotatable bonds is 2. The molecule has 4 nitrogen and oxygen atoms in total. The summed E-state index contributed by atoms with van der Waals surface area (Å²) in [4.78, 5) is 14.1. The van der Waals surface area contributed by atoms with Crippen molar-refractivity contribution in [1.29, 1.82) is 0 Å². The van der Waals surface area contributed by atoms with Crippen LogP contribution in [-0.4, -0.2) is 31.3 Å². The Balaban J connectivity index is 2.55. The van der Waals surface area contributed by atoms with Gasteiger partial charge in [0.2, 0.25) is 0 Å². The normalized spacial score (nSPS) is 18.0. The van der Waals surface area contributed by atoms with E-state index < -0.39 is 9.05 Å². The largest absolute Gasteiger partial charge is 0.333 e. The lowest BCUT2D eigenvalue weighted by Crippen LogP contribution is -2.42. The van der Waals surface area contributed by atoms with E-state index in [4.69, 9.17) is 22.3 Å². The van der Waals surface area contributed by atoms with Gasteiger partial charge in [-0.1, -0.05) is 27.5 Å². The minimum atomic E-state index is -4.02. The highest BCUT2D eigenvalue weighted by Crippen LogP contribution is 2.35. The summed E-state index contributed by atoms with van der Waals surface area (Å²) in [6, 6.07) is 2.81. The second kappa shape index (κ2) is 5.72. The molecule has 1 amide bonds. The Morgan fingerprint density at radius 3 is 2.48 bits per heavy atom. The number of halogens is 3. The first-order valence-electron chi connectivity index (χ1n) is 6.30.